The Bertz CT molecular complexity index is 178. The van der Waals surface area contributed by atoms with Gasteiger partial charge in [-0.05, 0) is 18.2 Å². The van der Waals surface area contributed by atoms with E-state index in [4.69, 9.17) is 5.53 Å². The quantitative estimate of drug-likeness (QED) is 0.294. The summed E-state index contributed by atoms with van der Waals surface area (Å²) in [6.07, 6.45) is 2.57. The molecule has 0 aromatic rings. The Hall–Kier alpha value is -0.870. The van der Waals surface area contributed by atoms with Crippen molar-refractivity contribution in [1.29, 1.82) is 0 Å². The van der Waals surface area contributed by atoms with Crippen molar-refractivity contribution in [2.24, 2.45) is 5.11 Å². The number of amides is 1. The molecule has 6 heteroatoms. The number of thioether (sulfide) groups is 1. The molecular formula is C6H12N4OS. The van der Waals surface area contributed by atoms with Gasteiger partial charge in [0.2, 0.25) is 5.91 Å². The zero-order valence-electron chi connectivity index (χ0n) is 6.99. The van der Waals surface area contributed by atoms with Gasteiger partial charge in [-0.15, -0.1) is 0 Å². The highest BCUT2D eigenvalue weighted by molar-refractivity contribution is 7.99. The predicted octanol–water partition coefficient (Wildman–Crippen LogP) is 1.17. The van der Waals surface area contributed by atoms with Crippen LogP contribution in [0.3, 0.4) is 0 Å². The van der Waals surface area contributed by atoms with E-state index in [1.807, 2.05) is 6.26 Å². The summed E-state index contributed by atoms with van der Waals surface area (Å²) in [4.78, 5) is 13.4. The van der Waals surface area contributed by atoms with Crippen LogP contribution in [0.25, 0.3) is 10.4 Å². The second kappa shape index (κ2) is 8.23. The molecule has 68 valence electrons. The van der Waals surface area contributed by atoms with E-state index in [-0.39, 0.29) is 5.91 Å². The number of carbonyl (C=O) groups is 1. The highest BCUT2D eigenvalue weighted by Crippen LogP contribution is 1.89. The summed E-state index contributed by atoms with van der Waals surface area (Å²) < 4.78 is 0. The minimum Gasteiger partial charge on any atom is -0.355 e. The van der Waals surface area contributed by atoms with Gasteiger partial charge in [0, 0.05) is 18.0 Å². The van der Waals surface area contributed by atoms with Gasteiger partial charge in [0.05, 0.1) is 5.75 Å². The minimum atomic E-state index is 0.0310. The van der Waals surface area contributed by atoms with Crippen LogP contribution < -0.4 is 5.32 Å². The third kappa shape index (κ3) is 7.24. The van der Waals surface area contributed by atoms with E-state index in [1.54, 1.807) is 0 Å². The number of hydrogen-bond acceptors (Lipinski definition) is 3. The summed E-state index contributed by atoms with van der Waals surface area (Å²) in [5.41, 5.74) is 7.93. The Morgan fingerprint density at radius 1 is 1.75 bits per heavy atom. The lowest BCUT2D eigenvalue weighted by Gasteiger charge is -2.00. The smallest absolute Gasteiger partial charge is 0.229 e. The van der Waals surface area contributed by atoms with Crippen molar-refractivity contribution in [2.75, 3.05) is 25.1 Å². The predicted molar refractivity (Wildman–Crippen MR) is 50.0 cm³/mol. The molecule has 0 atom stereocenters. The minimum absolute atomic E-state index is 0.0310. The van der Waals surface area contributed by atoms with Crippen molar-refractivity contribution in [2.45, 2.75) is 6.42 Å². The average molecular weight is 188 g/mol. The van der Waals surface area contributed by atoms with E-state index in [1.165, 1.54) is 11.8 Å². The third-order valence-electron chi connectivity index (χ3n) is 1.10. The first-order chi connectivity index (χ1) is 5.81. The van der Waals surface area contributed by atoms with Crippen molar-refractivity contribution in [3.05, 3.63) is 10.4 Å². The van der Waals surface area contributed by atoms with E-state index in [0.717, 1.165) is 0 Å². The number of nitrogens with one attached hydrogen (secondary N) is 1. The van der Waals surface area contributed by atoms with Crippen LogP contribution in [0, 0.1) is 0 Å². The fraction of sp³-hybridized carbons (Fsp3) is 0.833. The second-order valence-electron chi connectivity index (χ2n) is 2.09. The SMILES string of the molecule is CSCC(=O)NCCCN=[N+]=[N-]. The largest absolute Gasteiger partial charge is 0.355 e. The first-order valence-electron chi connectivity index (χ1n) is 3.57. The van der Waals surface area contributed by atoms with Crippen molar-refractivity contribution in [3.8, 4) is 0 Å². The molecule has 0 unspecified atom stereocenters. The van der Waals surface area contributed by atoms with Crippen LogP contribution in [0.2, 0.25) is 0 Å². The molecule has 0 fully saturated rings. The molecule has 0 radical (unpaired) electrons. The lowest BCUT2D eigenvalue weighted by atomic mass is 10.4. The fourth-order valence-electron chi connectivity index (χ4n) is 0.604. The van der Waals surface area contributed by atoms with Crippen LogP contribution >= 0.6 is 11.8 Å². The maximum absolute atomic E-state index is 10.8. The standard InChI is InChI=1S/C6H12N4OS/c1-12-5-6(11)8-3-2-4-9-10-7/h2-5H2,1H3,(H,8,11). The molecule has 0 aliphatic rings. The van der Waals surface area contributed by atoms with E-state index in [2.05, 4.69) is 15.3 Å². The third-order valence-corrected chi connectivity index (χ3v) is 1.65. The van der Waals surface area contributed by atoms with Crippen LogP contribution in [0.5, 0.6) is 0 Å². The topological polar surface area (TPSA) is 77.9 Å². The molecule has 0 spiro atoms. The number of rotatable bonds is 6. The van der Waals surface area contributed by atoms with Crippen molar-refractivity contribution < 1.29 is 4.79 Å². The maximum Gasteiger partial charge on any atom is 0.229 e. The van der Waals surface area contributed by atoms with Crippen molar-refractivity contribution >= 4 is 17.7 Å². The van der Waals surface area contributed by atoms with Crippen LogP contribution in [-0.2, 0) is 4.79 Å². The Labute approximate surface area is 75.5 Å². The normalized spacial score (nSPS) is 8.75. The highest BCUT2D eigenvalue weighted by atomic mass is 32.2. The van der Waals surface area contributed by atoms with Gasteiger partial charge in [0.15, 0.2) is 0 Å². The molecule has 0 aliphatic heterocycles. The van der Waals surface area contributed by atoms with E-state index in [0.29, 0.717) is 25.3 Å². The summed E-state index contributed by atoms with van der Waals surface area (Å²) in [6.45, 7) is 1.02. The molecule has 1 amide bonds. The van der Waals surface area contributed by atoms with Crippen LogP contribution in [0.4, 0.5) is 0 Å². The molecule has 0 aromatic carbocycles. The molecule has 0 rings (SSSR count). The Kier molecular flexibility index (Phi) is 7.63. The first kappa shape index (κ1) is 11.1. The zero-order valence-corrected chi connectivity index (χ0v) is 7.80. The molecule has 0 saturated heterocycles. The molecule has 5 nitrogen and oxygen atoms in total. The van der Waals surface area contributed by atoms with Gasteiger partial charge in [0.1, 0.15) is 0 Å². The van der Waals surface area contributed by atoms with Crippen molar-refractivity contribution in [1.82, 2.24) is 5.32 Å². The molecule has 0 saturated carbocycles. The second-order valence-corrected chi connectivity index (χ2v) is 2.96. The number of nitrogens with zero attached hydrogens (tertiary/aromatic N) is 3. The summed E-state index contributed by atoms with van der Waals surface area (Å²) in [6, 6.07) is 0. The van der Waals surface area contributed by atoms with Gasteiger partial charge in [0.25, 0.3) is 0 Å². The van der Waals surface area contributed by atoms with Gasteiger partial charge in [-0.1, -0.05) is 5.11 Å². The van der Waals surface area contributed by atoms with Gasteiger partial charge in [-0.3, -0.25) is 4.79 Å². The van der Waals surface area contributed by atoms with Gasteiger partial charge in [-0.2, -0.15) is 11.8 Å². The highest BCUT2D eigenvalue weighted by Gasteiger charge is 1.96. The van der Waals surface area contributed by atoms with Gasteiger partial charge in [-0.25, -0.2) is 0 Å². The zero-order chi connectivity index (χ0) is 9.23. The first-order valence-corrected chi connectivity index (χ1v) is 4.97. The molecule has 12 heavy (non-hydrogen) atoms. The summed E-state index contributed by atoms with van der Waals surface area (Å²) in [7, 11) is 0. The molecular weight excluding hydrogens is 176 g/mol. The van der Waals surface area contributed by atoms with E-state index >= 15 is 0 Å². The maximum atomic E-state index is 10.8. The number of azide groups is 1. The lowest BCUT2D eigenvalue weighted by molar-refractivity contribution is -0.118. The number of carbonyl (C=O) groups excluding carboxylic acids is 1. The summed E-state index contributed by atoms with van der Waals surface area (Å²) in [5, 5.41) is 6.04. The fourth-order valence-corrected chi connectivity index (χ4v) is 0.969. The molecule has 1 N–H and O–H groups in total. The Balaban J connectivity index is 3.19. The van der Waals surface area contributed by atoms with E-state index < -0.39 is 0 Å². The molecule has 0 aliphatic carbocycles. The van der Waals surface area contributed by atoms with Crippen molar-refractivity contribution in [3.63, 3.8) is 0 Å². The molecule has 0 bridgehead atoms. The molecule has 0 heterocycles. The average Bonchev–Trinajstić information content (AvgIpc) is 2.05. The van der Waals surface area contributed by atoms with E-state index in [9.17, 15) is 4.79 Å². The monoisotopic (exact) mass is 188 g/mol. The van der Waals surface area contributed by atoms with Crippen LogP contribution in [0.1, 0.15) is 6.42 Å². The van der Waals surface area contributed by atoms with Crippen LogP contribution in [0.15, 0.2) is 5.11 Å². The molecule has 0 aromatic heterocycles. The Morgan fingerprint density at radius 2 is 2.50 bits per heavy atom. The van der Waals surface area contributed by atoms with Gasteiger partial charge < -0.3 is 5.32 Å². The number of hydrogen-bond donors (Lipinski definition) is 1. The summed E-state index contributed by atoms with van der Waals surface area (Å²) >= 11 is 1.48. The lowest BCUT2D eigenvalue weighted by Crippen LogP contribution is -2.26. The Morgan fingerprint density at radius 3 is 3.08 bits per heavy atom. The summed E-state index contributed by atoms with van der Waals surface area (Å²) in [5.74, 6) is 0.519. The van der Waals surface area contributed by atoms with Crippen LogP contribution in [-0.4, -0.2) is 31.0 Å². The van der Waals surface area contributed by atoms with Gasteiger partial charge >= 0.3 is 0 Å².